The third-order valence-electron chi connectivity index (χ3n) is 3.38. The summed E-state index contributed by atoms with van der Waals surface area (Å²) >= 11 is 0. The Bertz CT molecular complexity index is 675. The molecule has 0 spiro atoms. The van der Waals surface area contributed by atoms with Crippen LogP contribution in [-0.2, 0) is 16.1 Å². The van der Waals surface area contributed by atoms with E-state index in [0.717, 1.165) is 5.56 Å². The minimum absolute atomic E-state index is 0.260. The van der Waals surface area contributed by atoms with Crippen molar-refractivity contribution in [2.24, 2.45) is 0 Å². The molecule has 1 fully saturated rings. The molecule has 1 aliphatic heterocycles. The third kappa shape index (κ3) is 4.22. The highest BCUT2D eigenvalue weighted by Gasteiger charge is 2.18. The van der Waals surface area contributed by atoms with Crippen LogP contribution in [0.5, 0.6) is 11.5 Å². The molecule has 0 unspecified atom stereocenters. The Hall–Kier alpha value is -2.55. The summed E-state index contributed by atoms with van der Waals surface area (Å²) in [6.45, 7) is 1.84. The number of rotatable bonds is 6. The van der Waals surface area contributed by atoms with E-state index in [-0.39, 0.29) is 12.9 Å². The lowest BCUT2D eigenvalue weighted by atomic mass is 10.2. The van der Waals surface area contributed by atoms with Crippen molar-refractivity contribution in [1.82, 2.24) is 0 Å². The zero-order valence-electron chi connectivity index (χ0n) is 12.6. The molecule has 1 heterocycles. The standard InChI is InChI=1S/C18H17NO4/c19-11-15-6-7-16(22-12-14-4-2-1-3-5-14)17(10-15)23-13-18-20-8-9-21-18/h1-7,10,18H,8-9,12-13H2. The van der Waals surface area contributed by atoms with E-state index in [1.807, 2.05) is 30.3 Å². The van der Waals surface area contributed by atoms with Gasteiger partial charge < -0.3 is 18.9 Å². The number of hydrogen-bond donors (Lipinski definition) is 0. The van der Waals surface area contributed by atoms with E-state index in [1.54, 1.807) is 18.2 Å². The van der Waals surface area contributed by atoms with Crippen LogP contribution < -0.4 is 9.47 Å². The van der Waals surface area contributed by atoms with Crippen LogP contribution in [0.2, 0.25) is 0 Å². The summed E-state index contributed by atoms with van der Waals surface area (Å²) in [4.78, 5) is 0. The number of benzene rings is 2. The fourth-order valence-corrected chi connectivity index (χ4v) is 2.21. The van der Waals surface area contributed by atoms with Gasteiger partial charge in [0.25, 0.3) is 0 Å². The second-order valence-corrected chi connectivity index (χ2v) is 5.03. The highest BCUT2D eigenvalue weighted by atomic mass is 16.7. The molecule has 0 saturated carbocycles. The maximum atomic E-state index is 9.04. The smallest absolute Gasteiger partial charge is 0.191 e. The molecule has 0 aromatic heterocycles. The lowest BCUT2D eigenvalue weighted by molar-refractivity contribution is -0.0688. The molecule has 3 rings (SSSR count). The Kier molecular flexibility index (Phi) is 5.09. The molecule has 1 aliphatic rings. The maximum absolute atomic E-state index is 9.04. The van der Waals surface area contributed by atoms with Gasteiger partial charge in [-0.05, 0) is 17.7 Å². The zero-order valence-corrected chi connectivity index (χ0v) is 12.6. The van der Waals surface area contributed by atoms with Crippen molar-refractivity contribution in [3.8, 4) is 17.6 Å². The van der Waals surface area contributed by atoms with Gasteiger partial charge in [-0.2, -0.15) is 5.26 Å². The van der Waals surface area contributed by atoms with Gasteiger partial charge in [-0.25, -0.2) is 0 Å². The van der Waals surface area contributed by atoms with Gasteiger partial charge in [-0.15, -0.1) is 0 Å². The van der Waals surface area contributed by atoms with E-state index in [2.05, 4.69) is 6.07 Å². The predicted molar refractivity (Wildman–Crippen MR) is 83.1 cm³/mol. The van der Waals surface area contributed by atoms with Crippen LogP contribution >= 0.6 is 0 Å². The van der Waals surface area contributed by atoms with Crippen LogP contribution in [0.4, 0.5) is 0 Å². The summed E-state index contributed by atoms with van der Waals surface area (Å²) in [6, 6.07) is 17.1. The Morgan fingerprint density at radius 2 is 1.78 bits per heavy atom. The van der Waals surface area contributed by atoms with Crippen LogP contribution in [0.15, 0.2) is 48.5 Å². The molecule has 118 valence electrons. The van der Waals surface area contributed by atoms with Crippen molar-refractivity contribution in [2.45, 2.75) is 12.9 Å². The Balaban J connectivity index is 1.68. The fraction of sp³-hybridized carbons (Fsp3) is 0.278. The summed E-state index contributed by atoms with van der Waals surface area (Å²) in [5, 5.41) is 9.04. The average molecular weight is 311 g/mol. The molecule has 0 bridgehead atoms. The highest BCUT2D eigenvalue weighted by Crippen LogP contribution is 2.29. The maximum Gasteiger partial charge on any atom is 0.191 e. The summed E-state index contributed by atoms with van der Waals surface area (Å²) in [5.41, 5.74) is 1.57. The number of hydrogen-bond acceptors (Lipinski definition) is 5. The van der Waals surface area contributed by atoms with Gasteiger partial charge in [-0.3, -0.25) is 0 Å². The largest absolute Gasteiger partial charge is 0.485 e. The first-order chi connectivity index (χ1) is 11.3. The monoisotopic (exact) mass is 311 g/mol. The first-order valence-corrected chi connectivity index (χ1v) is 7.42. The molecular formula is C18H17NO4. The van der Waals surface area contributed by atoms with Crippen LogP contribution in [0.1, 0.15) is 11.1 Å². The van der Waals surface area contributed by atoms with Gasteiger partial charge in [0.05, 0.1) is 24.8 Å². The van der Waals surface area contributed by atoms with Gasteiger partial charge in [-0.1, -0.05) is 30.3 Å². The summed E-state index contributed by atoms with van der Waals surface area (Å²) in [7, 11) is 0. The van der Waals surface area contributed by atoms with Gasteiger partial charge in [0.15, 0.2) is 17.8 Å². The Morgan fingerprint density at radius 1 is 1.00 bits per heavy atom. The minimum atomic E-state index is -0.372. The van der Waals surface area contributed by atoms with Crippen molar-refractivity contribution >= 4 is 0 Å². The second-order valence-electron chi connectivity index (χ2n) is 5.03. The van der Waals surface area contributed by atoms with Crippen molar-refractivity contribution < 1.29 is 18.9 Å². The fourth-order valence-electron chi connectivity index (χ4n) is 2.21. The molecule has 2 aromatic carbocycles. The van der Waals surface area contributed by atoms with Crippen LogP contribution in [0.3, 0.4) is 0 Å². The van der Waals surface area contributed by atoms with Crippen LogP contribution in [-0.4, -0.2) is 26.1 Å². The number of nitriles is 1. The van der Waals surface area contributed by atoms with E-state index >= 15 is 0 Å². The van der Waals surface area contributed by atoms with E-state index < -0.39 is 0 Å². The van der Waals surface area contributed by atoms with E-state index in [0.29, 0.717) is 36.9 Å². The average Bonchev–Trinajstić information content (AvgIpc) is 3.13. The summed E-state index contributed by atoms with van der Waals surface area (Å²) in [5.74, 6) is 1.10. The molecule has 5 heteroatoms. The molecule has 0 N–H and O–H groups in total. The van der Waals surface area contributed by atoms with E-state index in [4.69, 9.17) is 24.2 Å². The first-order valence-electron chi connectivity index (χ1n) is 7.42. The van der Waals surface area contributed by atoms with E-state index in [1.165, 1.54) is 0 Å². The second kappa shape index (κ2) is 7.63. The first kappa shape index (κ1) is 15.3. The molecule has 0 radical (unpaired) electrons. The van der Waals surface area contributed by atoms with Crippen molar-refractivity contribution in [3.05, 3.63) is 59.7 Å². The van der Waals surface area contributed by atoms with Crippen molar-refractivity contribution in [2.75, 3.05) is 19.8 Å². The van der Waals surface area contributed by atoms with Crippen molar-refractivity contribution in [1.29, 1.82) is 5.26 Å². The lowest BCUT2D eigenvalue weighted by Crippen LogP contribution is -2.18. The van der Waals surface area contributed by atoms with Gasteiger partial charge in [0, 0.05) is 6.07 Å². The normalized spacial score (nSPS) is 14.4. The molecule has 1 saturated heterocycles. The summed E-state index contributed by atoms with van der Waals surface area (Å²) < 4.78 is 22.2. The third-order valence-corrected chi connectivity index (χ3v) is 3.38. The lowest BCUT2D eigenvalue weighted by Gasteiger charge is -2.15. The van der Waals surface area contributed by atoms with Crippen LogP contribution in [0.25, 0.3) is 0 Å². The quantitative estimate of drug-likeness (QED) is 0.821. The number of ether oxygens (including phenoxy) is 4. The van der Waals surface area contributed by atoms with Crippen molar-refractivity contribution in [3.63, 3.8) is 0 Å². The minimum Gasteiger partial charge on any atom is -0.485 e. The molecule has 0 atom stereocenters. The van der Waals surface area contributed by atoms with Gasteiger partial charge >= 0.3 is 0 Å². The Labute approximate surface area is 135 Å². The predicted octanol–water partition coefficient (Wildman–Crippen LogP) is 2.89. The molecule has 0 aliphatic carbocycles. The molecule has 23 heavy (non-hydrogen) atoms. The SMILES string of the molecule is N#Cc1ccc(OCc2ccccc2)c(OCC2OCCO2)c1. The molecule has 2 aromatic rings. The van der Waals surface area contributed by atoms with E-state index in [9.17, 15) is 0 Å². The zero-order chi connectivity index (χ0) is 15.9. The summed E-state index contributed by atoms with van der Waals surface area (Å²) in [6.07, 6.45) is -0.372. The Morgan fingerprint density at radius 3 is 2.52 bits per heavy atom. The van der Waals surface area contributed by atoms with Crippen LogP contribution in [0, 0.1) is 11.3 Å². The highest BCUT2D eigenvalue weighted by molar-refractivity contribution is 5.46. The van der Waals surface area contributed by atoms with Gasteiger partial charge in [0.1, 0.15) is 13.2 Å². The van der Waals surface area contributed by atoms with Gasteiger partial charge in [0.2, 0.25) is 0 Å². The topological polar surface area (TPSA) is 60.7 Å². The molecule has 5 nitrogen and oxygen atoms in total. The molecular weight excluding hydrogens is 294 g/mol. The molecule has 0 amide bonds. The number of nitrogens with zero attached hydrogens (tertiary/aromatic N) is 1.